The van der Waals surface area contributed by atoms with Gasteiger partial charge in [0.15, 0.2) is 5.82 Å². The van der Waals surface area contributed by atoms with Crippen LogP contribution in [0.4, 0.5) is 5.82 Å². The second-order valence-electron chi connectivity index (χ2n) is 7.18. The molecule has 156 valence electrons. The topological polar surface area (TPSA) is 84.1 Å². The van der Waals surface area contributed by atoms with E-state index in [9.17, 15) is 5.11 Å². The monoisotopic (exact) mass is 430 g/mol. The van der Waals surface area contributed by atoms with E-state index >= 15 is 0 Å². The molecule has 31 heavy (non-hydrogen) atoms. The van der Waals surface area contributed by atoms with Crippen molar-refractivity contribution in [3.05, 3.63) is 89.2 Å². The van der Waals surface area contributed by atoms with Crippen LogP contribution in [-0.2, 0) is 0 Å². The molecule has 6 heteroatoms. The molecule has 1 heterocycles. The first-order valence-electron chi connectivity index (χ1n) is 10.1. The standard InChI is InChI=1S/C25H23ClN4O/c26-20-11-12-22-23(14-20)29-24(30-25(22)28-16-21(31)15-27)13-8-17-6-9-19(10-7-17)18-4-2-1-3-5-18/h1-14,21,31H,15-16,27H2,(H,28,29,30). The summed E-state index contributed by atoms with van der Waals surface area (Å²) in [6, 6.07) is 24.0. The minimum atomic E-state index is -0.653. The number of nitrogens with zero attached hydrogens (tertiary/aromatic N) is 2. The first-order chi connectivity index (χ1) is 15.1. The summed E-state index contributed by atoms with van der Waals surface area (Å²) in [7, 11) is 0. The summed E-state index contributed by atoms with van der Waals surface area (Å²) in [5.41, 5.74) is 9.63. The molecule has 5 nitrogen and oxygen atoms in total. The van der Waals surface area contributed by atoms with Crippen LogP contribution in [0.3, 0.4) is 0 Å². The predicted octanol–water partition coefficient (Wildman–Crippen LogP) is 4.85. The highest BCUT2D eigenvalue weighted by Gasteiger charge is 2.09. The molecule has 3 aromatic carbocycles. The van der Waals surface area contributed by atoms with Crippen molar-refractivity contribution < 1.29 is 5.11 Å². The lowest BCUT2D eigenvalue weighted by atomic mass is 10.0. The summed E-state index contributed by atoms with van der Waals surface area (Å²) in [5.74, 6) is 1.18. The summed E-state index contributed by atoms with van der Waals surface area (Å²) in [4.78, 5) is 9.23. The Hall–Kier alpha value is -3.25. The van der Waals surface area contributed by atoms with Gasteiger partial charge in [0, 0.05) is 23.5 Å². The van der Waals surface area contributed by atoms with Gasteiger partial charge >= 0.3 is 0 Å². The third-order valence-electron chi connectivity index (χ3n) is 4.90. The number of aliphatic hydroxyl groups is 1. The Morgan fingerprint density at radius 3 is 2.42 bits per heavy atom. The number of hydrogen-bond acceptors (Lipinski definition) is 5. The SMILES string of the molecule is NCC(O)CNc1nc(C=Cc2ccc(-c3ccccc3)cc2)nc2cc(Cl)ccc12. The van der Waals surface area contributed by atoms with Crippen molar-refractivity contribution in [2.75, 3.05) is 18.4 Å². The lowest BCUT2D eigenvalue weighted by molar-refractivity contribution is 0.196. The number of rotatable bonds is 7. The maximum atomic E-state index is 9.80. The molecule has 0 saturated heterocycles. The number of aliphatic hydroxyl groups excluding tert-OH is 1. The van der Waals surface area contributed by atoms with Gasteiger partial charge in [-0.25, -0.2) is 9.97 Å². The molecular weight excluding hydrogens is 408 g/mol. The smallest absolute Gasteiger partial charge is 0.154 e. The summed E-state index contributed by atoms with van der Waals surface area (Å²) in [5, 5.41) is 14.4. The Morgan fingerprint density at radius 2 is 1.68 bits per heavy atom. The molecule has 0 saturated carbocycles. The number of nitrogens with one attached hydrogen (secondary N) is 1. The summed E-state index contributed by atoms with van der Waals surface area (Å²) in [6.07, 6.45) is 3.18. The fraction of sp³-hybridized carbons (Fsp3) is 0.120. The highest BCUT2D eigenvalue weighted by atomic mass is 35.5. The van der Waals surface area contributed by atoms with Crippen LogP contribution in [0.2, 0.25) is 5.02 Å². The second kappa shape index (κ2) is 9.71. The van der Waals surface area contributed by atoms with E-state index in [4.69, 9.17) is 17.3 Å². The Kier molecular flexibility index (Phi) is 6.57. The number of nitrogens with two attached hydrogens (primary N) is 1. The summed E-state index contributed by atoms with van der Waals surface area (Å²) in [6.45, 7) is 0.475. The normalized spacial score (nSPS) is 12.4. The van der Waals surface area contributed by atoms with Gasteiger partial charge in [0.25, 0.3) is 0 Å². The number of halogens is 1. The number of hydrogen-bond donors (Lipinski definition) is 3. The van der Waals surface area contributed by atoms with Crippen LogP contribution in [0.15, 0.2) is 72.8 Å². The van der Waals surface area contributed by atoms with Crippen molar-refractivity contribution in [1.29, 1.82) is 0 Å². The summed E-state index contributed by atoms with van der Waals surface area (Å²) < 4.78 is 0. The van der Waals surface area contributed by atoms with Gasteiger partial charge in [-0.2, -0.15) is 0 Å². The lowest BCUT2D eigenvalue weighted by Gasteiger charge is -2.12. The van der Waals surface area contributed by atoms with Crippen molar-refractivity contribution >= 4 is 40.5 Å². The van der Waals surface area contributed by atoms with E-state index in [0.29, 0.717) is 23.2 Å². The predicted molar refractivity (Wildman–Crippen MR) is 129 cm³/mol. The zero-order valence-corrected chi connectivity index (χ0v) is 17.6. The first-order valence-corrected chi connectivity index (χ1v) is 10.4. The van der Waals surface area contributed by atoms with Crippen LogP contribution in [0.1, 0.15) is 11.4 Å². The molecule has 0 aliphatic carbocycles. The number of fused-ring (bicyclic) bond motifs is 1. The van der Waals surface area contributed by atoms with Gasteiger partial charge in [-0.3, -0.25) is 0 Å². The van der Waals surface area contributed by atoms with Crippen molar-refractivity contribution in [2.45, 2.75) is 6.10 Å². The van der Waals surface area contributed by atoms with E-state index in [0.717, 1.165) is 16.5 Å². The highest BCUT2D eigenvalue weighted by molar-refractivity contribution is 6.31. The van der Waals surface area contributed by atoms with E-state index in [-0.39, 0.29) is 6.54 Å². The van der Waals surface area contributed by atoms with E-state index in [1.165, 1.54) is 11.1 Å². The molecule has 4 N–H and O–H groups in total. The molecule has 0 fully saturated rings. The molecule has 1 atom stereocenters. The third kappa shape index (κ3) is 5.27. The fourth-order valence-corrected chi connectivity index (χ4v) is 3.38. The molecule has 4 aromatic rings. The molecular formula is C25H23ClN4O. The third-order valence-corrected chi connectivity index (χ3v) is 5.13. The molecule has 1 aromatic heterocycles. The lowest BCUT2D eigenvalue weighted by Crippen LogP contribution is -2.28. The molecule has 0 spiro atoms. The van der Waals surface area contributed by atoms with Crippen LogP contribution >= 0.6 is 11.6 Å². The van der Waals surface area contributed by atoms with Crippen molar-refractivity contribution in [2.24, 2.45) is 5.73 Å². The van der Waals surface area contributed by atoms with Crippen LogP contribution in [0.5, 0.6) is 0 Å². The maximum Gasteiger partial charge on any atom is 0.154 e. The zero-order chi connectivity index (χ0) is 21.6. The van der Waals surface area contributed by atoms with Gasteiger partial charge in [0.2, 0.25) is 0 Å². The van der Waals surface area contributed by atoms with Gasteiger partial charge in [-0.1, -0.05) is 72.3 Å². The van der Waals surface area contributed by atoms with Gasteiger partial charge < -0.3 is 16.2 Å². The van der Waals surface area contributed by atoms with Crippen LogP contribution in [0.25, 0.3) is 34.2 Å². The van der Waals surface area contributed by atoms with Crippen LogP contribution in [0, 0.1) is 0 Å². The average Bonchev–Trinajstić information content (AvgIpc) is 2.81. The molecule has 0 bridgehead atoms. The number of aromatic nitrogens is 2. The number of anilines is 1. The van der Waals surface area contributed by atoms with Crippen molar-refractivity contribution in [3.63, 3.8) is 0 Å². The molecule has 4 rings (SSSR count). The molecule has 0 radical (unpaired) electrons. The van der Waals surface area contributed by atoms with Gasteiger partial charge in [0.05, 0.1) is 11.6 Å². The highest BCUT2D eigenvalue weighted by Crippen LogP contribution is 2.25. The van der Waals surface area contributed by atoms with E-state index in [1.807, 2.05) is 36.4 Å². The van der Waals surface area contributed by atoms with Crippen LogP contribution < -0.4 is 11.1 Å². The largest absolute Gasteiger partial charge is 0.390 e. The van der Waals surface area contributed by atoms with E-state index in [2.05, 4.69) is 51.7 Å². The molecule has 0 amide bonds. The zero-order valence-electron chi connectivity index (χ0n) is 16.9. The quantitative estimate of drug-likeness (QED) is 0.390. The minimum Gasteiger partial charge on any atom is -0.390 e. The van der Waals surface area contributed by atoms with E-state index < -0.39 is 6.10 Å². The Morgan fingerprint density at radius 1 is 0.935 bits per heavy atom. The Bertz CT molecular complexity index is 1190. The average molecular weight is 431 g/mol. The molecule has 1 unspecified atom stereocenters. The van der Waals surface area contributed by atoms with E-state index in [1.54, 1.807) is 12.1 Å². The van der Waals surface area contributed by atoms with Crippen molar-refractivity contribution in [3.8, 4) is 11.1 Å². The maximum absolute atomic E-state index is 9.80. The Labute approximate surface area is 186 Å². The Balaban J connectivity index is 1.60. The van der Waals surface area contributed by atoms with Crippen LogP contribution in [-0.4, -0.2) is 34.3 Å². The van der Waals surface area contributed by atoms with Gasteiger partial charge in [-0.05, 0) is 41.0 Å². The van der Waals surface area contributed by atoms with Gasteiger partial charge in [0.1, 0.15) is 5.82 Å². The molecule has 0 aliphatic rings. The minimum absolute atomic E-state index is 0.174. The number of benzene rings is 3. The first kappa shape index (κ1) is 21.0. The van der Waals surface area contributed by atoms with Gasteiger partial charge in [-0.15, -0.1) is 0 Å². The van der Waals surface area contributed by atoms with Crippen molar-refractivity contribution in [1.82, 2.24) is 9.97 Å². The molecule has 0 aliphatic heterocycles. The second-order valence-corrected chi connectivity index (χ2v) is 7.62. The summed E-state index contributed by atoms with van der Waals surface area (Å²) >= 11 is 6.16. The fourth-order valence-electron chi connectivity index (χ4n) is 3.22.